The van der Waals surface area contributed by atoms with Gasteiger partial charge in [0, 0.05) is 38.4 Å². The largest absolute Gasteiger partial charge is 0.353 e. The first-order chi connectivity index (χ1) is 11.0. The van der Waals surface area contributed by atoms with Crippen molar-refractivity contribution in [2.75, 3.05) is 13.1 Å². The lowest BCUT2D eigenvalue weighted by Gasteiger charge is -2.18. The van der Waals surface area contributed by atoms with Crippen LogP contribution in [0, 0.1) is 5.92 Å². The highest BCUT2D eigenvalue weighted by molar-refractivity contribution is 5.94. The number of amides is 2. The van der Waals surface area contributed by atoms with Gasteiger partial charge in [-0.2, -0.15) is 0 Å². The molecule has 1 atom stereocenters. The van der Waals surface area contributed by atoms with Gasteiger partial charge in [0.15, 0.2) is 0 Å². The molecule has 0 unspecified atom stereocenters. The van der Waals surface area contributed by atoms with Gasteiger partial charge in [-0.1, -0.05) is 12.8 Å². The van der Waals surface area contributed by atoms with Crippen LogP contribution in [0.5, 0.6) is 0 Å². The molecule has 23 heavy (non-hydrogen) atoms. The number of nitrogens with one attached hydrogen (secondary N) is 1. The first-order valence-electron chi connectivity index (χ1n) is 8.31. The summed E-state index contributed by atoms with van der Waals surface area (Å²) in [5.74, 6) is -0.156. The second-order valence-corrected chi connectivity index (χ2v) is 6.59. The SMILES string of the molecule is Cn1cc(C(=O)N2CC[C@H](C(=O)NC3CCCC3)C2)ccc1=O. The topological polar surface area (TPSA) is 71.4 Å². The molecule has 1 saturated heterocycles. The molecule has 6 nitrogen and oxygen atoms in total. The van der Waals surface area contributed by atoms with Gasteiger partial charge < -0.3 is 14.8 Å². The van der Waals surface area contributed by atoms with Crippen molar-refractivity contribution in [2.45, 2.75) is 38.1 Å². The van der Waals surface area contributed by atoms with Crippen molar-refractivity contribution in [1.82, 2.24) is 14.8 Å². The molecule has 0 aromatic carbocycles. The van der Waals surface area contributed by atoms with Crippen molar-refractivity contribution >= 4 is 11.8 Å². The average molecular weight is 317 g/mol. The molecule has 0 spiro atoms. The van der Waals surface area contributed by atoms with Crippen LogP contribution in [0.4, 0.5) is 0 Å². The van der Waals surface area contributed by atoms with Gasteiger partial charge in [0.2, 0.25) is 11.5 Å². The molecular formula is C17H23N3O3. The Morgan fingerprint density at radius 1 is 1.17 bits per heavy atom. The number of hydrogen-bond donors (Lipinski definition) is 1. The van der Waals surface area contributed by atoms with Gasteiger partial charge in [-0.25, -0.2) is 0 Å². The predicted octanol–water partition coefficient (Wildman–Crippen LogP) is 0.906. The van der Waals surface area contributed by atoms with E-state index in [0.29, 0.717) is 31.1 Å². The van der Waals surface area contributed by atoms with Gasteiger partial charge in [-0.05, 0) is 25.3 Å². The van der Waals surface area contributed by atoms with Gasteiger partial charge in [0.05, 0.1) is 11.5 Å². The fourth-order valence-corrected chi connectivity index (χ4v) is 3.45. The highest BCUT2D eigenvalue weighted by Crippen LogP contribution is 2.22. The minimum absolute atomic E-state index is 0.0765. The first-order valence-corrected chi connectivity index (χ1v) is 8.31. The molecule has 0 bridgehead atoms. The Bertz CT molecular complexity index is 661. The predicted molar refractivity (Wildman–Crippen MR) is 86.1 cm³/mol. The molecule has 124 valence electrons. The first kappa shape index (κ1) is 15.8. The summed E-state index contributed by atoms with van der Waals surface area (Å²) in [7, 11) is 1.63. The summed E-state index contributed by atoms with van der Waals surface area (Å²) >= 11 is 0. The number of carbonyl (C=O) groups excluding carboxylic acids is 2. The maximum absolute atomic E-state index is 12.5. The molecule has 6 heteroatoms. The molecule has 1 aromatic rings. The van der Waals surface area contributed by atoms with E-state index in [1.807, 2.05) is 0 Å². The lowest BCUT2D eigenvalue weighted by atomic mass is 10.1. The van der Waals surface area contributed by atoms with Crippen LogP contribution < -0.4 is 10.9 Å². The molecule has 1 N–H and O–H groups in total. The Morgan fingerprint density at radius 3 is 2.61 bits per heavy atom. The van der Waals surface area contributed by atoms with Crippen LogP contribution in [0.25, 0.3) is 0 Å². The Kier molecular flexibility index (Phi) is 4.50. The minimum atomic E-state index is -0.142. The molecule has 1 aliphatic carbocycles. The summed E-state index contributed by atoms with van der Waals surface area (Å²) < 4.78 is 1.40. The van der Waals surface area contributed by atoms with E-state index in [4.69, 9.17) is 0 Å². The lowest BCUT2D eigenvalue weighted by molar-refractivity contribution is -0.125. The number of carbonyl (C=O) groups is 2. The smallest absolute Gasteiger partial charge is 0.255 e. The van der Waals surface area contributed by atoms with Gasteiger partial charge in [-0.15, -0.1) is 0 Å². The summed E-state index contributed by atoms with van der Waals surface area (Å²) in [5, 5.41) is 3.11. The van der Waals surface area contributed by atoms with E-state index in [1.165, 1.54) is 23.5 Å². The van der Waals surface area contributed by atoms with Crippen molar-refractivity contribution in [3.8, 4) is 0 Å². The van der Waals surface area contributed by atoms with E-state index >= 15 is 0 Å². The van der Waals surface area contributed by atoms with Crippen LogP contribution in [0.15, 0.2) is 23.1 Å². The average Bonchev–Trinajstić information content (AvgIpc) is 3.20. The van der Waals surface area contributed by atoms with Crippen LogP contribution in [-0.2, 0) is 11.8 Å². The molecule has 0 radical (unpaired) electrons. The zero-order chi connectivity index (χ0) is 16.4. The Balaban J connectivity index is 1.60. The van der Waals surface area contributed by atoms with Crippen LogP contribution in [0.1, 0.15) is 42.5 Å². The number of aryl methyl sites for hydroxylation is 1. The monoisotopic (exact) mass is 317 g/mol. The number of rotatable bonds is 3. The summed E-state index contributed by atoms with van der Waals surface area (Å²) in [5.41, 5.74) is 0.348. The van der Waals surface area contributed by atoms with E-state index in [1.54, 1.807) is 24.2 Å². The quantitative estimate of drug-likeness (QED) is 0.900. The summed E-state index contributed by atoms with van der Waals surface area (Å²) in [6.07, 6.45) is 6.77. The number of aromatic nitrogens is 1. The maximum atomic E-state index is 12.5. The Morgan fingerprint density at radius 2 is 1.91 bits per heavy atom. The molecule has 1 saturated carbocycles. The molecule has 2 aliphatic rings. The number of hydrogen-bond acceptors (Lipinski definition) is 3. The second kappa shape index (κ2) is 6.56. The number of likely N-dealkylation sites (tertiary alicyclic amines) is 1. The van der Waals surface area contributed by atoms with Crippen LogP contribution in [-0.4, -0.2) is 40.4 Å². The van der Waals surface area contributed by atoms with Crippen molar-refractivity contribution in [1.29, 1.82) is 0 Å². The molecule has 2 fully saturated rings. The third-order valence-electron chi connectivity index (χ3n) is 4.88. The van der Waals surface area contributed by atoms with Crippen LogP contribution >= 0.6 is 0 Å². The normalized spacial score (nSPS) is 21.6. The van der Waals surface area contributed by atoms with Gasteiger partial charge in [-0.3, -0.25) is 14.4 Å². The van der Waals surface area contributed by atoms with Crippen molar-refractivity contribution in [3.63, 3.8) is 0 Å². The fraction of sp³-hybridized carbons (Fsp3) is 0.588. The van der Waals surface area contributed by atoms with E-state index in [-0.39, 0.29) is 23.3 Å². The number of pyridine rings is 1. The third kappa shape index (κ3) is 3.46. The fourth-order valence-electron chi connectivity index (χ4n) is 3.45. The van der Waals surface area contributed by atoms with Crippen LogP contribution in [0.2, 0.25) is 0 Å². The van der Waals surface area contributed by atoms with Gasteiger partial charge >= 0.3 is 0 Å². The standard InChI is InChI=1S/C17H23N3O3/c1-19-10-13(6-7-15(19)21)17(23)20-9-8-12(11-20)16(22)18-14-4-2-3-5-14/h6-7,10,12,14H,2-5,8-9,11H2,1H3,(H,18,22)/t12-/m0/s1. The zero-order valence-electron chi connectivity index (χ0n) is 13.5. The van der Waals surface area contributed by atoms with Gasteiger partial charge in [0.1, 0.15) is 0 Å². The second-order valence-electron chi connectivity index (χ2n) is 6.59. The lowest BCUT2D eigenvalue weighted by Crippen LogP contribution is -2.39. The maximum Gasteiger partial charge on any atom is 0.255 e. The highest BCUT2D eigenvalue weighted by Gasteiger charge is 2.32. The highest BCUT2D eigenvalue weighted by atomic mass is 16.2. The summed E-state index contributed by atoms with van der Waals surface area (Å²) in [4.78, 5) is 37.9. The van der Waals surface area contributed by atoms with E-state index in [9.17, 15) is 14.4 Å². The molecular weight excluding hydrogens is 294 g/mol. The molecule has 2 heterocycles. The van der Waals surface area contributed by atoms with E-state index < -0.39 is 0 Å². The van der Waals surface area contributed by atoms with Crippen molar-refractivity contribution < 1.29 is 9.59 Å². The summed E-state index contributed by atoms with van der Waals surface area (Å²) in [6, 6.07) is 3.26. The van der Waals surface area contributed by atoms with Crippen LogP contribution in [0.3, 0.4) is 0 Å². The molecule has 1 aromatic heterocycles. The van der Waals surface area contributed by atoms with E-state index in [2.05, 4.69) is 5.32 Å². The third-order valence-corrected chi connectivity index (χ3v) is 4.88. The Hall–Kier alpha value is -2.11. The number of nitrogens with zero attached hydrogens (tertiary/aromatic N) is 2. The molecule has 1 aliphatic heterocycles. The van der Waals surface area contributed by atoms with Crippen molar-refractivity contribution in [3.05, 3.63) is 34.2 Å². The molecule has 2 amide bonds. The van der Waals surface area contributed by atoms with E-state index in [0.717, 1.165) is 12.8 Å². The summed E-state index contributed by atoms with van der Waals surface area (Å²) in [6.45, 7) is 1.05. The van der Waals surface area contributed by atoms with Crippen molar-refractivity contribution in [2.24, 2.45) is 13.0 Å². The zero-order valence-corrected chi connectivity index (χ0v) is 13.5. The minimum Gasteiger partial charge on any atom is -0.353 e. The Labute approximate surface area is 135 Å². The molecule has 3 rings (SSSR count). The van der Waals surface area contributed by atoms with Gasteiger partial charge in [0.25, 0.3) is 5.91 Å².